The number of aromatic nitrogens is 1. The van der Waals surface area contributed by atoms with Gasteiger partial charge < -0.3 is 9.47 Å². The minimum atomic E-state index is -0.264. The van der Waals surface area contributed by atoms with Crippen LogP contribution >= 0.6 is 11.3 Å². The van der Waals surface area contributed by atoms with Gasteiger partial charge in [-0.15, -0.1) is 0 Å². The largest absolute Gasteiger partial charge is 0.493 e. The normalized spacial score (nSPS) is 16.6. The van der Waals surface area contributed by atoms with Crippen molar-refractivity contribution in [2.24, 2.45) is 4.99 Å². The maximum Gasteiger partial charge on any atom is 0.271 e. The molecular formula is C32H30N2O3S. The van der Waals surface area contributed by atoms with Crippen molar-refractivity contribution in [3.8, 4) is 11.5 Å². The van der Waals surface area contributed by atoms with E-state index in [0.717, 1.165) is 45.6 Å². The van der Waals surface area contributed by atoms with E-state index in [1.807, 2.05) is 28.8 Å². The average molecular weight is 523 g/mol. The first-order chi connectivity index (χ1) is 18.5. The molecule has 1 aliphatic carbocycles. The topological polar surface area (TPSA) is 52.8 Å². The van der Waals surface area contributed by atoms with Gasteiger partial charge in [0, 0.05) is 5.56 Å². The van der Waals surface area contributed by atoms with Crippen molar-refractivity contribution < 1.29 is 9.47 Å². The van der Waals surface area contributed by atoms with Crippen LogP contribution < -0.4 is 24.4 Å². The molecule has 0 fully saturated rings. The highest BCUT2D eigenvalue weighted by molar-refractivity contribution is 7.07. The highest BCUT2D eigenvalue weighted by Gasteiger charge is 2.33. The number of fused-ring (bicyclic) bond motifs is 3. The first kappa shape index (κ1) is 24.4. The molecule has 4 aromatic rings. The molecular weight excluding hydrogens is 492 g/mol. The van der Waals surface area contributed by atoms with Crippen LogP contribution in [0.5, 0.6) is 11.5 Å². The van der Waals surface area contributed by atoms with Crippen LogP contribution in [-0.4, -0.2) is 18.8 Å². The van der Waals surface area contributed by atoms with E-state index in [2.05, 4.69) is 62.4 Å². The van der Waals surface area contributed by atoms with Gasteiger partial charge in [-0.2, -0.15) is 0 Å². The molecule has 0 spiro atoms. The van der Waals surface area contributed by atoms with Gasteiger partial charge in [0.1, 0.15) is 0 Å². The quantitative estimate of drug-likeness (QED) is 0.350. The summed E-state index contributed by atoms with van der Waals surface area (Å²) >= 11 is 1.45. The Morgan fingerprint density at radius 2 is 1.74 bits per heavy atom. The number of thiazole rings is 1. The zero-order valence-corrected chi connectivity index (χ0v) is 22.8. The van der Waals surface area contributed by atoms with Gasteiger partial charge in [0.15, 0.2) is 16.3 Å². The van der Waals surface area contributed by atoms with Crippen molar-refractivity contribution in [3.63, 3.8) is 0 Å². The van der Waals surface area contributed by atoms with Crippen molar-refractivity contribution in [2.75, 3.05) is 14.2 Å². The Hall–Kier alpha value is -3.90. The molecule has 1 atom stereocenters. The minimum absolute atomic E-state index is 0.0214. The standard InChI is InChI=1S/C32H30N2O3S/c1-19(2)21-11-9-20(10-12-21)17-28-31(35)34-30(23-14-16-26(36-3)27(18-23)37-4)25-15-13-22-7-5-6-8-24(22)29(25)33-32(34)38-28/h5-12,14,16-19,30H,13,15H2,1-4H3/b28-17+/t30-/m1/s1. The molecule has 3 aromatic carbocycles. The lowest BCUT2D eigenvalue weighted by Crippen LogP contribution is -2.38. The van der Waals surface area contributed by atoms with E-state index in [4.69, 9.17) is 14.5 Å². The highest BCUT2D eigenvalue weighted by atomic mass is 32.1. The van der Waals surface area contributed by atoms with Gasteiger partial charge in [-0.3, -0.25) is 9.36 Å². The number of rotatable bonds is 5. The second-order valence-electron chi connectivity index (χ2n) is 10.0. The van der Waals surface area contributed by atoms with Crippen LogP contribution in [0.4, 0.5) is 0 Å². The lowest BCUT2D eigenvalue weighted by atomic mass is 9.83. The number of aryl methyl sites for hydroxylation is 1. The molecule has 1 aromatic heterocycles. The lowest BCUT2D eigenvalue weighted by molar-refractivity contribution is 0.354. The van der Waals surface area contributed by atoms with E-state index in [1.165, 1.54) is 22.5 Å². The summed E-state index contributed by atoms with van der Waals surface area (Å²) in [7, 11) is 3.27. The number of hydrogen-bond acceptors (Lipinski definition) is 5. The van der Waals surface area contributed by atoms with Crippen LogP contribution in [0.25, 0.3) is 11.8 Å². The fourth-order valence-corrected chi connectivity index (χ4v) is 6.47. The van der Waals surface area contributed by atoms with E-state index in [-0.39, 0.29) is 11.6 Å². The Labute approximate surface area is 226 Å². The number of hydrogen-bond donors (Lipinski definition) is 0. The Kier molecular flexibility index (Phi) is 6.28. The first-order valence-electron chi connectivity index (χ1n) is 12.9. The molecule has 0 unspecified atom stereocenters. The Morgan fingerprint density at radius 1 is 0.974 bits per heavy atom. The zero-order valence-electron chi connectivity index (χ0n) is 22.0. The molecule has 0 radical (unpaired) electrons. The molecule has 0 saturated carbocycles. The molecule has 5 nitrogen and oxygen atoms in total. The van der Waals surface area contributed by atoms with Gasteiger partial charge in [0.25, 0.3) is 5.56 Å². The summed E-state index contributed by atoms with van der Waals surface area (Å²) in [5.41, 5.74) is 7.86. The fraction of sp³-hybridized carbons (Fsp3) is 0.250. The van der Waals surface area contributed by atoms with Crippen LogP contribution in [0.1, 0.15) is 60.0 Å². The maximum atomic E-state index is 14.0. The fourth-order valence-electron chi connectivity index (χ4n) is 5.47. The molecule has 6 rings (SSSR count). The van der Waals surface area contributed by atoms with Gasteiger partial charge in [-0.1, -0.05) is 79.8 Å². The lowest BCUT2D eigenvalue weighted by Gasteiger charge is -2.31. The summed E-state index contributed by atoms with van der Waals surface area (Å²) < 4.78 is 13.7. The summed E-state index contributed by atoms with van der Waals surface area (Å²) in [6, 6.07) is 22.6. The molecule has 2 heterocycles. The van der Waals surface area contributed by atoms with E-state index in [9.17, 15) is 4.79 Å². The highest BCUT2D eigenvalue weighted by Crippen LogP contribution is 2.42. The number of benzene rings is 3. The molecule has 0 bridgehead atoms. The van der Waals surface area contributed by atoms with Crippen LogP contribution in [0.2, 0.25) is 0 Å². The smallest absolute Gasteiger partial charge is 0.271 e. The summed E-state index contributed by atoms with van der Waals surface area (Å²) in [4.78, 5) is 19.8. The SMILES string of the molecule is COc1ccc([C@@H]2C3=C(N=c4s/c(=C/c5ccc(C(C)C)cc5)c(=O)n42)c2ccccc2CC3)cc1OC. The number of nitrogens with zero attached hydrogens (tertiary/aromatic N) is 2. The van der Waals surface area contributed by atoms with Crippen molar-refractivity contribution in [1.82, 2.24) is 4.57 Å². The monoisotopic (exact) mass is 522 g/mol. The number of methoxy groups -OCH3 is 2. The maximum absolute atomic E-state index is 14.0. The molecule has 1 aliphatic heterocycles. The predicted octanol–water partition coefficient (Wildman–Crippen LogP) is 5.46. The van der Waals surface area contributed by atoms with Crippen molar-refractivity contribution in [1.29, 1.82) is 0 Å². The Balaban J connectivity index is 1.58. The third-order valence-electron chi connectivity index (χ3n) is 7.50. The summed E-state index contributed by atoms with van der Waals surface area (Å²) in [5.74, 6) is 1.77. The molecule has 2 aliphatic rings. The Morgan fingerprint density at radius 3 is 2.47 bits per heavy atom. The van der Waals surface area contributed by atoms with E-state index >= 15 is 0 Å². The first-order valence-corrected chi connectivity index (χ1v) is 13.7. The van der Waals surface area contributed by atoms with E-state index in [1.54, 1.807) is 14.2 Å². The Bertz CT molecular complexity index is 1740. The van der Waals surface area contributed by atoms with E-state index < -0.39 is 0 Å². The summed E-state index contributed by atoms with van der Waals surface area (Å²) in [6.07, 6.45) is 3.74. The third-order valence-corrected chi connectivity index (χ3v) is 8.48. The third kappa shape index (κ3) is 4.09. The van der Waals surface area contributed by atoms with Crippen LogP contribution in [0.3, 0.4) is 0 Å². The van der Waals surface area contributed by atoms with Gasteiger partial charge in [0.05, 0.1) is 30.5 Å². The number of allylic oxidation sites excluding steroid dienone is 1. The van der Waals surface area contributed by atoms with Crippen molar-refractivity contribution in [3.05, 3.63) is 120 Å². The predicted molar refractivity (Wildman–Crippen MR) is 153 cm³/mol. The summed E-state index contributed by atoms with van der Waals surface area (Å²) in [5, 5.41) is 0. The second-order valence-corrected chi connectivity index (χ2v) is 11.1. The molecule has 38 heavy (non-hydrogen) atoms. The summed E-state index contributed by atoms with van der Waals surface area (Å²) in [6.45, 7) is 4.36. The molecule has 6 heteroatoms. The van der Waals surface area contributed by atoms with Crippen LogP contribution in [0.15, 0.2) is 82.1 Å². The van der Waals surface area contributed by atoms with Gasteiger partial charge in [-0.05, 0) is 64.8 Å². The van der Waals surface area contributed by atoms with Gasteiger partial charge in [0.2, 0.25) is 0 Å². The van der Waals surface area contributed by atoms with Crippen molar-refractivity contribution in [2.45, 2.75) is 38.6 Å². The second kappa shape index (κ2) is 9.76. The minimum Gasteiger partial charge on any atom is -0.493 e. The number of ether oxygens (including phenoxy) is 2. The van der Waals surface area contributed by atoms with Gasteiger partial charge >= 0.3 is 0 Å². The zero-order chi connectivity index (χ0) is 26.4. The average Bonchev–Trinajstić information content (AvgIpc) is 3.25. The van der Waals surface area contributed by atoms with Crippen molar-refractivity contribution >= 4 is 23.1 Å². The molecule has 0 N–H and O–H groups in total. The van der Waals surface area contributed by atoms with E-state index in [0.29, 0.717) is 21.9 Å². The molecule has 0 amide bonds. The van der Waals surface area contributed by atoms with Crippen LogP contribution in [0, 0.1) is 0 Å². The molecule has 0 saturated heterocycles. The van der Waals surface area contributed by atoms with Gasteiger partial charge in [-0.25, -0.2) is 4.99 Å². The molecule has 192 valence electrons. The van der Waals surface area contributed by atoms with Crippen LogP contribution in [-0.2, 0) is 6.42 Å².